The van der Waals surface area contributed by atoms with Gasteiger partial charge in [-0.2, -0.15) is 12.1 Å². The van der Waals surface area contributed by atoms with Gasteiger partial charge in [-0.05, 0) is 90.9 Å². The molecular formula is C62H64N4OPt-2. The minimum absolute atomic E-state index is 0. The molecule has 350 valence electrons. The van der Waals surface area contributed by atoms with Crippen LogP contribution in [0.2, 0.25) is 0 Å². The molecule has 0 aliphatic heterocycles. The molecule has 6 aromatic carbocycles. The second-order valence-corrected chi connectivity index (χ2v) is 22.3. The van der Waals surface area contributed by atoms with Crippen LogP contribution in [0.4, 0.5) is 0 Å². The largest absolute Gasteiger partial charge is 0.510 e. The summed E-state index contributed by atoms with van der Waals surface area (Å²) < 4.78 is 13.5. The fourth-order valence-electron chi connectivity index (χ4n) is 9.31. The number of rotatable bonds is 9. The van der Waals surface area contributed by atoms with Crippen molar-refractivity contribution >= 4 is 21.8 Å². The zero-order valence-corrected chi connectivity index (χ0v) is 44.2. The number of pyridine rings is 1. The van der Waals surface area contributed by atoms with Crippen LogP contribution in [0, 0.1) is 18.5 Å². The minimum atomic E-state index is -0.411. The molecule has 0 bridgehead atoms. The van der Waals surface area contributed by atoms with Crippen molar-refractivity contribution in [2.45, 2.75) is 117 Å². The molecule has 6 heteroatoms. The Bertz CT molecular complexity index is 3230. The van der Waals surface area contributed by atoms with Crippen LogP contribution in [0.3, 0.4) is 0 Å². The molecule has 9 aromatic rings. The maximum absolute atomic E-state index is 6.96. The quantitative estimate of drug-likeness (QED) is 0.107. The second kappa shape index (κ2) is 17.8. The van der Waals surface area contributed by atoms with E-state index in [2.05, 4.69) is 256 Å². The van der Waals surface area contributed by atoms with Crippen LogP contribution in [0.5, 0.6) is 11.5 Å². The van der Waals surface area contributed by atoms with Crippen molar-refractivity contribution in [3.05, 3.63) is 209 Å². The predicted octanol–water partition coefficient (Wildman–Crippen LogP) is 15.0. The molecule has 68 heavy (non-hydrogen) atoms. The fraction of sp³-hybridized carbons (Fsp3) is 0.290. The van der Waals surface area contributed by atoms with Crippen LogP contribution < -0.4 is 9.30 Å². The normalized spacial score (nSPS) is 12.7. The smallest absolute Gasteiger partial charge is 0.267 e. The van der Waals surface area contributed by atoms with E-state index in [4.69, 9.17) is 9.72 Å². The van der Waals surface area contributed by atoms with Crippen LogP contribution >= 0.6 is 0 Å². The molecule has 0 aliphatic rings. The van der Waals surface area contributed by atoms with E-state index in [0.717, 1.165) is 50.3 Å². The third-order valence-corrected chi connectivity index (χ3v) is 13.6. The molecule has 0 fully saturated rings. The van der Waals surface area contributed by atoms with E-state index in [1.807, 2.05) is 18.3 Å². The number of ether oxygens (including phenoxy) is 1. The number of hydrogen-bond acceptors (Lipinski definition) is 2. The fourth-order valence-corrected chi connectivity index (χ4v) is 9.31. The van der Waals surface area contributed by atoms with Gasteiger partial charge in [0, 0.05) is 55.9 Å². The average molecular weight is 1080 g/mol. The third kappa shape index (κ3) is 9.15. The zero-order valence-electron chi connectivity index (χ0n) is 41.9. The van der Waals surface area contributed by atoms with Crippen molar-refractivity contribution < 1.29 is 30.4 Å². The van der Waals surface area contributed by atoms with E-state index in [-0.39, 0.29) is 42.7 Å². The van der Waals surface area contributed by atoms with Gasteiger partial charge in [-0.1, -0.05) is 186 Å². The molecule has 0 unspecified atom stereocenters. The first kappa shape index (κ1) is 48.4. The summed E-state index contributed by atoms with van der Waals surface area (Å²) >= 11 is 0. The van der Waals surface area contributed by atoms with Gasteiger partial charge in [0.2, 0.25) is 0 Å². The summed E-state index contributed by atoms with van der Waals surface area (Å²) in [5.41, 5.74) is 11.5. The first-order valence-electron chi connectivity index (χ1n) is 23.6. The van der Waals surface area contributed by atoms with Gasteiger partial charge >= 0.3 is 0 Å². The van der Waals surface area contributed by atoms with Crippen LogP contribution in [0.25, 0.3) is 39.0 Å². The van der Waals surface area contributed by atoms with E-state index < -0.39 is 5.41 Å². The maximum atomic E-state index is 6.96. The van der Waals surface area contributed by atoms with E-state index in [1.165, 1.54) is 27.8 Å². The molecule has 0 spiro atoms. The van der Waals surface area contributed by atoms with Gasteiger partial charge < -0.3 is 13.9 Å². The van der Waals surface area contributed by atoms with Gasteiger partial charge in [-0.15, -0.1) is 29.8 Å². The summed E-state index contributed by atoms with van der Waals surface area (Å²) in [5.74, 6) is 2.01. The second-order valence-electron chi connectivity index (χ2n) is 22.3. The number of para-hydroxylation sites is 1. The Labute approximate surface area is 419 Å². The molecule has 0 atom stereocenters. The number of nitrogens with zero attached hydrogens (tertiary/aromatic N) is 4. The van der Waals surface area contributed by atoms with Crippen molar-refractivity contribution in [1.29, 1.82) is 0 Å². The van der Waals surface area contributed by atoms with Crippen LogP contribution in [-0.4, -0.2) is 14.1 Å². The molecule has 9 rings (SSSR count). The monoisotopic (exact) mass is 1080 g/mol. The number of aromatic nitrogens is 4. The summed E-state index contributed by atoms with van der Waals surface area (Å²) in [6.07, 6.45) is 7.86. The molecule has 0 amide bonds. The average Bonchev–Trinajstić information content (AvgIpc) is 3.90. The predicted molar refractivity (Wildman–Crippen MR) is 276 cm³/mol. The Hall–Kier alpha value is -6.03. The van der Waals surface area contributed by atoms with Gasteiger partial charge in [0.1, 0.15) is 5.82 Å². The first-order valence-corrected chi connectivity index (χ1v) is 23.6. The standard InChI is InChI=1S/C62H64N4O.Pt/c1-58(2,3)45-33-46(59(4,5)6)35-48(34-45)65-41-64(40-55(65)60(7,8)9)47-27-22-28-49(37-47)67-50-38-52(62(12,13)43-25-18-15-19-26-43)57-51-29-20-21-30-53(51)66(54(57)39-50)56-36-44(31-32-63-56)61(10,11)42-23-16-14-17-24-42;/h14-36,38,40H,1-13H3;/q-2;. The summed E-state index contributed by atoms with van der Waals surface area (Å²) in [7, 11) is 0. The Morgan fingerprint density at radius 3 is 1.75 bits per heavy atom. The minimum Gasteiger partial charge on any atom is -0.510 e. The molecule has 0 radical (unpaired) electrons. The number of fused-ring (bicyclic) bond motifs is 3. The first-order chi connectivity index (χ1) is 31.6. The maximum Gasteiger partial charge on any atom is 0.267 e. The number of imidazole rings is 1. The number of hydrogen-bond donors (Lipinski definition) is 0. The van der Waals surface area contributed by atoms with Crippen molar-refractivity contribution in [1.82, 2.24) is 14.1 Å². The number of benzene rings is 6. The van der Waals surface area contributed by atoms with Gasteiger partial charge in [0.05, 0.1) is 11.4 Å². The van der Waals surface area contributed by atoms with Gasteiger partial charge in [-0.25, -0.2) is 4.98 Å². The van der Waals surface area contributed by atoms with E-state index in [0.29, 0.717) is 11.5 Å². The van der Waals surface area contributed by atoms with Gasteiger partial charge in [0.25, 0.3) is 6.33 Å². The Morgan fingerprint density at radius 2 is 1.13 bits per heavy atom. The van der Waals surface area contributed by atoms with E-state index >= 15 is 0 Å². The Kier molecular flexibility index (Phi) is 12.7. The summed E-state index contributed by atoms with van der Waals surface area (Å²) in [5, 5.41) is 2.26. The van der Waals surface area contributed by atoms with Crippen molar-refractivity contribution in [3.63, 3.8) is 0 Å². The zero-order chi connectivity index (χ0) is 47.7. The molecule has 0 aliphatic carbocycles. The van der Waals surface area contributed by atoms with E-state index in [9.17, 15) is 0 Å². The summed E-state index contributed by atoms with van der Waals surface area (Å²) in [6, 6.07) is 57.1. The van der Waals surface area contributed by atoms with Crippen LogP contribution in [0.1, 0.15) is 129 Å². The molecule has 0 N–H and O–H groups in total. The molecule has 0 saturated carbocycles. The van der Waals surface area contributed by atoms with Crippen LogP contribution in [-0.2, 0) is 48.1 Å². The molecule has 3 aromatic heterocycles. The van der Waals surface area contributed by atoms with E-state index in [1.54, 1.807) is 0 Å². The SMILES string of the molecule is CC(C)(C)c1cc(-[n+]2[c-]n(-c3[c-]c(Oc4[c-]c5c(c(C(C)(C)c6ccccc6)c4)c4ccccc4n5-c4cc(C(C)(C)c5ccccc5)ccn4)ccc3)cc2C(C)(C)C)cc(C(C)(C)C)c1.[Pt]. The summed E-state index contributed by atoms with van der Waals surface area (Å²) in [4.78, 5) is 5.07. The summed E-state index contributed by atoms with van der Waals surface area (Å²) in [6.45, 7) is 29.6. The Morgan fingerprint density at radius 1 is 0.529 bits per heavy atom. The van der Waals surface area contributed by atoms with Crippen molar-refractivity contribution in [3.8, 4) is 28.7 Å². The topological polar surface area (TPSA) is 35.9 Å². The Balaban J connectivity index is 0.00000625. The van der Waals surface area contributed by atoms with Crippen molar-refractivity contribution in [2.24, 2.45) is 0 Å². The van der Waals surface area contributed by atoms with Crippen LogP contribution in [0.15, 0.2) is 152 Å². The third-order valence-electron chi connectivity index (χ3n) is 13.6. The van der Waals surface area contributed by atoms with Gasteiger partial charge in [0.15, 0.2) is 0 Å². The molecule has 5 nitrogen and oxygen atoms in total. The molecule has 0 saturated heterocycles. The molecule has 3 heterocycles. The van der Waals surface area contributed by atoms with Crippen molar-refractivity contribution in [2.75, 3.05) is 0 Å². The molecular weight excluding hydrogens is 1010 g/mol. The van der Waals surface area contributed by atoms with Gasteiger partial charge in [-0.3, -0.25) is 4.57 Å².